The van der Waals surface area contributed by atoms with Crippen LogP contribution in [0.5, 0.6) is 0 Å². The molecule has 4 bridgehead atoms. The Morgan fingerprint density at radius 3 is 2.15 bits per heavy atom. The van der Waals surface area contributed by atoms with Crippen molar-refractivity contribution in [1.29, 1.82) is 0 Å². The van der Waals surface area contributed by atoms with E-state index in [1.807, 2.05) is 4.90 Å². The summed E-state index contributed by atoms with van der Waals surface area (Å²) in [5.41, 5.74) is 0.340. The minimum atomic E-state index is -0.163. The first-order valence-electron chi connectivity index (χ1n) is 8.16. The van der Waals surface area contributed by atoms with Crippen molar-refractivity contribution in [3.63, 3.8) is 0 Å². The highest BCUT2D eigenvalue weighted by atomic mass is 16.2. The van der Waals surface area contributed by atoms with Crippen LogP contribution in [0.1, 0.15) is 51.9 Å². The van der Waals surface area contributed by atoms with E-state index >= 15 is 0 Å². The number of amides is 3. The molecule has 4 saturated carbocycles. The van der Waals surface area contributed by atoms with Crippen molar-refractivity contribution in [2.75, 3.05) is 6.54 Å². The van der Waals surface area contributed by atoms with Crippen LogP contribution in [0.4, 0.5) is 4.79 Å². The van der Waals surface area contributed by atoms with Gasteiger partial charge in [-0.1, -0.05) is 0 Å². The van der Waals surface area contributed by atoms with E-state index in [2.05, 4.69) is 12.2 Å². The summed E-state index contributed by atoms with van der Waals surface area (Å²) in [6.07, 6.45) is 8.65. The fourth-order valence-corrected chi connectivity index (χ4v) is 5.97. The molecule has 0 radical (unpaired) electrons. The quantitative estimate of drug-likeness (QED) is 0.842. The highest BCUT2D eigenvalue weighted by molar-refractivity contribution is 5.96. The van der Waals surface area contributed by atoms with Gasteiger partial charge in [0.15, 0.2) is 0 Å². The van der Waals surface area contributed by atoms with Gasteiger partial charge in [-0.2, -0.15) is 0 Å². The number of imide groups is 1. The van der Waals surface area contributed by atoms with Gasteiger partial charge in [0.25, 0.3) is 0 Å². The molecule has 1 heterocycles. The zero-order valence-electron chi connectivity index (χ0n) is 12.2. The van der Waals surface area contributed by atoms with E-state index in [0.29, 0.717) is 18.4 Å². The smallest absolute Gasteiger partial charge is 0.321 e. The summed E-state index contributed by atoms with van der Waals surface area (Å²) in [7, 11) is 0. The van der Waals surface area contributed by atoms with E-state index in [9.17, 15) is 9.59 Å². The van der Waals surface area contributed by atoms with Crippen molar-refractivity contribution >= 4 is 11.9 Å². The SMILES string of the molecule is CC(N1CCC(=O)NC1=O)C12CC3CC(CC(C3)C1)C2. The van der Waals surface area contributed by atoms with E-state index in [4.69, 9.17) is 0 Å². The number of rotatable bonds is 2. The number of carbonyl (C=O) groups is 2. The zero-order valence-corrected chi connectivity index (χ0v) is 12.2. The Hall–Kier alpha value is -1.06. The molecule has 4 nitrogen and oxygen atoms in total. The van der Waals surface area contributed by atoms with E-state index in [1.165, 1.54) is 38.5 Å². The highest BCUT2D eigenvalue weighted by Gasteiger charge is 2.54. The van der Waals surface area contributed by atoms with Crippen LogP contribution in [-0.2, 0) is 4.79 Å². The molecule has 1 N–H and O–H groups in total. The molecule has 5 rings (SSSR count). The van der Waals surface area contributed by atoms with E-state index in [-0.39, 0.29) is 18.0 Å². The standard InChI is InChI=1S/C16H24N2O2/c1-10(18-3-2-14(19)17-15(18)20)16-7-11-4-12(8-16)6-13(5-11)9-16/h10-13H,2-9H2,1H3,(H,17,19,20). The Kier molecular flexibility index (Phi) is 2.67. The van der Waals surface area contributed by atoms with Crippen LogP contribution in [0.3, 0.4) is 0 Å². The number of urea groups is 1. The maximum Gasteiger partial charge on any atom is 0.324 e. The summed E-state index contributed by atoms with van der Waals surface area (Å²) in [5, 5.41) is 2.49. The summed E-state index contributed by atoms with van der Waals surface area (Å²) in [4.78, 5) is 25.4. The minimum absolute atomic E-state index is 0.121. The van der Waals surface area contributed by atoms with Crippen LogP contribution in [0.25, 0.3) is 0 Å². The Labute approximate surface area is 120 Å². The molecule has 0 aromatic heterocycles. The molecule has 1 unspecified atom stereocenters. The summed E-state index contributed by atoms with van der Waals surface area (Å²) in [6, 6.07) is 0.119. The van der Waals surface area contributed by atoms with Crippen molar-refractivity contribution in [3.8, 4) is 0 Å². The first-order chi connectivity index (χ1) is 9.56. The zero-order chi connectivity index (χ0) is 13.9. The molecule has 1 saturated heterocycles. The molecule has 4 heteroatoms. The first-order valence-corrected chi connectivity index (χ1v) is 8.16. The van der Waals surface area contributed by atoms with Gasteiger partial charge in [0.05, 0.1) is 0 Å². The van der Waals surface area contributed by atoms with Crippen LogP contribution in [-0.4, -0.2) is 29.4 Å². The molecule has 20 heavy (non-hydrogen) atoms. The summed E-state index contributed by atoms with van der Waals surface area (Å²) in [6.45, 7) is 2.83. The van der Waals surface area contributed by atoms with Gasteiger partial charge in [-0.3, -0.25) is 10.1 Å². The molecule has 1 atom stereocenters. The highest BCUT2D eigenvalue weighted by Crippen LogP contribution is 2.61. The molecule has 4 aliphatic carbocycles. The van der Waals surface area contributed by atoms with E-state index < -0.39 is 0 Å². The lowest BCUT2D eigenvalue weighted by Gasteiger charge is -2.60. The Balaban J connectivity index is 1.57. The second kappa shape index (κ2) is 4.22. The fraction of sp³-hybridized carbons (Fsp3) is 0.875. The molecule has 3 amide bonds. The molecule has 5 aliphatic rings. The predicted molar refractivity (Wildman–Crippen MR) is 74.9 cm³/mol. The predicted octanol–water partition coefficient (Wildman–Crippen LogP) is 2.53. The van der Waals surface area contributed by atoms with E-state index in [0.717, 1.165) is 17.8 Å². The first kappa shape index (κ1) is 12.7. The monoisotopic (exact) mass is 276 g/mol. The van der Waals surface area contributed by atoms with Gasteiger partial charge in [-0.05, 0) is 68.6 Å². The average Bonchev–Trinajstić information content (AvgIpc) is 2.36. The third-order valence-electron chi connectivity index (χ3n) is 6.53. The van der Waals surface area contributed by atoms with Gasteiger partial charge < -0.3 is 4.90 Å². The van der Waals surface area contributed by atoms with Crippen LogP contribution < -0.4 is 5.32 Å². The van der Waals surface area contributed by atoms with Gasteiger partial charge in [0.2, 0.25) is 5.91 Å². The van der Waals surface area contributed by atoms with Crippen LogP contribution >= 0.6 is 0 Å². The Morgan fingerprint density at radius 1 is 1.10 bits per heavy atom. The van der Waals surface area contributed by atoms with Crippen molar-refractivity contribution in [2.45, 2.75) is 57.9 Å². The maximum absolute atomic E-state index is 12.1. The molecular weight excluding hydrogens is 252 g/mol. The molecule has 0 aromatic carbocycles. The summed E-state index contributed by atoms with van der Waals surface area (Å²) in [5.74, 6) is 2.58. The molecule has 0 aromatic rings. The molecule has 110 valence electrons. The van der Waals surface area contributed by atoms with Crippen molar-refractivity contribution in [2.24, 2.45) is 23.2 Å². The van der Waals surface area contributed by atoms with Gasteiger partial charge in [-0.15, -0.1) is 0 Å². The van der Waals surface area contributed by atoms with Crippen LogP contribution in [0.15, 0.2) is 0 Å². The lowest BCUT2D eigenvalue weighted by atomic mass is 9.47. The Bertz CT molecular complexity index is 424. The van der Waals surface area contributed by atoms with Gasteiger partial charge in [0.1, 0.15) is 0 Å². The van der Waals surface area contributed by atoms with Gasteiger partial charge in [-0.25, -0.2) is 4.79 Å². The van der Waals surface area contributed by atoms with Crippen molar-refractivity contribution in [1.82, 2.24) is 10.2 Å². The van der Waals surface area contributed by atoms with Crippen LogP contribution in [0, 0.1) is 23.2 Å². The third kappa shape index (κ3) is 1.80. The number of hydrogen-bond acceptors (Lipinski definition) is 2. The fourth-order valence-electron chi connectivity index (χ4n) is 5.97. The summed E-state index contributed by atoms with van der Waals surface area (Å²) < 4.78 is 0. The van der Waals surface area contributed by atoms with E-state index in [1.54, 1.807) is 0 Å². The second-order valence-corrected chi connectivity index (χ2v) is 7.75. The number of carbonyl (C=O) groups excluding carboxylic acids is 2. The summed E-state index contributed by atoms with van der Waals surface area (Å²) >= 11 is 0. The molecular formula is C16H24N2O2. The maximum atomic E-state index is 12.1. The van der Waals surface area contributed by atoms with Gasteiger partial charge >= 0.3 is 6.03 Å². The largest absolute Gasteiger partial charge is 0.324 e. The lowest BCUT2D eigenvalue weighted by Crippen LogP contribution is -2.61. The second-order valence-electron chi connectivity index (χ2n) is 7.75. The van der Waals surface area contributed by atoms with Crippen molar-refractivity contribution < 1.29 is 9.59 Å². The average molecular weight is 276 g/mol. The number of nitrogens with one attached hydrogen (secondary N) is 1. The Morgan fingerprint density at radius 2 is 1.65 bits per heavy atom. The molecule has 0 spiro atoms. The van der Waals surface area contributed by atoms with Crippen LogP contribution in [0.2, 0.25) is 0 Å². The van der Waals surface area contributed by atoms with Crippen molar-refractivity contribution in [3.05, 3.63) is 0 Å². The minimum Gasteiger partial charge on any atom is -0.321 e. The van der Waals surface area contributed by atoms with Gasteiger partial charge in [0, 0.05) is 19.0 Å². The lowest BCUT2D eigenvalue weighted by molar-refractivity contribution is -0.124. The third-order valence-corrected chi connectivity index (χ3v) is 6.53. The number of nitrogens with zero attached hydrogens (tertiary/aromatic N) is 1. The molecule has 5 fully saturated rings. The number of hydrogen-bond donors (Lipinski definition) is 1. The molecule has 1 aliphatic heterocycles. The normalized spacial score (nSPS) is 44.6. The topological polar surface area (TPSA) is 49.4 Å².